The smallest absolute Gasteiger partial charge is 0.318 e. The Morgan fingerprint density at radius 3 is 2.65 bits per heavy atom. The molecule has 1 N–H and O–H groups in total. The van der Waals surface area contributed by atoms with Crippen LogP contribution in [0, 0.1) is 6.92 Å². The van der Waals surface area contributed by atoms with Gasteiger partial charge in [0, 0.05) is 18.0 Å². The van der Waals surface area contributed by atoms with Crippen LogP contribution >= 0.6 is 11.8 Å². The molecule has 0 aliphatic carbocycles. The second-order valence-corrected chi connectivity index (χ2v) is 6.41. The lowest BCUT2D eigenvalue weighted by Crippen LogP contribution is -2.18. The van der Waals surface area contributed by atoms with Gasteiger partial charge in [-0.3, -0.25) is 14.3 Å². The van der Waals surface area contributed by atoms with Crippen LogP contribution in [0.3, 0.4) is 0 Å². The van der Waals surface area contributed by atoms with Gasteiger partial charge in [0.15, 0.2) is 0 Å². The second kappa shape index (κ2) is 7.32. The summed E-state index contributed by atoms with van der Waals surface area (Å²) in [5.41, 5.74) is 1.33. The van der Waals surface area contributed by atoms with Crippen LogP contribution in [0.1, 0.15) is 23.0 Å². The molecule has 1 aromatic heterocycles. The van der Waals surface area contributed by atoms with Gasteiger partial charge in [0.05, 0.1) is 18.4 Å². The molecular weight excluding hydrogens is 314 g/mol. The van der Waals surface area contributed by atoms with E-state index in [0.717, 1.165) is 10.6 Å². The molecule has 0 radical (unpaired) electrons. The number of esters is 1. The SMILES string of the molecule is COC(=O)C(C)Sc1ccccc1C(=O)Nc1cc(C)nn1C. The zero-order chi connectivity index (χ0) is 17.0. The van der Waals surface area contributed by atoms with Crippen LogP contribution in [0.25, 0.3) is 0 Å². The molecule has 122 valence electrons. The molecule has 1 amide bonds. The predicted molar refractivity (Wildman–Crippen MR) is 89.7 cm³/mol. The topological polar surface area (TPSA) is 73.2 Å². The highest BCUT2D eigenvalue weighted by atomic mass is 32.2. The second-order valence-electron chi connectivity index (χ2n) is 5.03. The molecule has 0 spiro atoms. The van der Waals surface area contributed by atoms with E-state index in [1.807, 2.05) is 19.1 Å². The molecular formula is C16H19N3O3S. The molecule has 1 aromatic carbocycles. The van der Waals surface area contributed by atoms with Gasteiger partial charge in [-0.1, -0.05) is 12.1 Å². The molecule has 0 bridgehead atoms. The van der Waals surface area contributed by atoms with Gasteiger partial charge in [-0.2, -0.15) is 5.10 Å². The average molecular weight is 333 g/mol. The Balaban J connectivity index is 2.20. The first-order valence-corrected chi connectivity index (χ1v) is 7.96. The van der Waals surface area contributed by atoms with Gasteiger partial charge in [-0.25, -0.2) is 0 Å². The number of amides is 1. The first-order valence-electron chi connectivity index (χ1n) is 7.08. The first-order chi connectivity index (χ1) is 10.9. The largest absolute Gasteiger partial charge is 0.468 e. The molecule has 1 unspecified atom stereocenters. The van der Waals surface area contributed by atoms with Crippen LogP contribution in [0.2, 0.25) is 0 Å². The summed E-state index contributed by atoms with van der Waals surface area (Å²) in [5, 5.41) is 6.64. The molecule has 1 heterocycles. The third-order valence-electron chi connectivity index (χ3n) is 3.21. The van der Waals surface area contributed by atoms with Crippen molar-refractivity contribution < 1.29 is 14.3 Å². The van der Waals surface area contributed by atoms with Gasteiger partial charge in [-0.05, 0) is 26.0 Å². The fourth-order valence-electron chi connectivity index (χ4n) is 2.07. The number of aryl methyl sites for hydroxylation is 2. The number of carbonyl (C=O) groups excluding carboxylic acids is 2. The lowest BCUT2D eigenvalue weighted by molar-refractivity contribution is -0.139. The van der Waals surface area contributed by atoms with E-state index in [1.54, 1.807) is 36.9 Å². The minimum atomic E-state index is -0.395. The Bertz CT molecular complexity index is 727. The molecule has 6 nitrogen and oxygen atoms in total. The van der Waals surface area contributed by atoms with Crippen LogP contribution in [0.15, 0.2) is 35.2 Å². The van der Waals surface area contributed by atoms with Crippen molar-refractivity contribution in [2.75, 3.05) is 12.4 Å². The van der Waals surface area contributed by atoms with Crippen molar-refractivity contribution in [1.82, 2.24) is 9.78 Å². The van der Waals surface area contributed by atoms with Gasteiger partial charge >= 0.3 is 5.97 Å². The maximum atomic E-state index is 12.5. The van der Waals surface area contributed by atoms with E-state index in [-0.39, 0.29) is 11.9 Å². The summed E-state index contributed by atoms with van der Waals surface area (Å²) in [6.45, 7) is 3.60. The summed E-state index contributed by atoms with van der Waals surface area (Å²) >= 11 is 1.29. The third-order valence-corrected chi connectivity index (χ3v) is 4.37. The minimum absolute atomic E-state index is 0.242. The van der Waals surface area contributed by atoms with E-state index >= 15 is 0 Å². The van der Waals surface area contributed by atoms with Crippen LogP contribution in [-0.4, -0.2) is 34.0 Å². The molecule has 0 fully saturated rings. The molecule has 0 aliphatic heterocycles. The molecule has 0 saturated carbocycles. The van der Waals surface area contributed by atoms with Crippen molar-refractivity contribution in [1.29, 1.82) is 0 Å². The highest BCUT2D eigenvalue weighted by Crippen LogP contribution is 2.28. The molecule has 2 rings (SSSR count). The van der Waals surface area contributed by atoms with Crippen LogP contribution in [0.5, 0.6) is 0 Å². The van der Waals surface area contributed by atoms with Gasteiger partial charge in [0.25, 0.3) is 5.91 Å². The number of thioether (sulfide) groups is 1. The molecule has 1 atom stereocenters. The molecule has 7 heteroatoms. The maximum Gasteiger partial charge on any atom is 0.318 e. The van der Waals surface area contributed by atoms with Crippen LogP contribution in [0.4, 0.5) is 5.82 Å². The Hall–Kier alpha value is -2.28. The van der Waals surface area contributed by atoms with E-state index in [9.17, 15) is 9.59 Å². The summed E-state index contributed by atoms with van der Waals surface area (Å²) in [7, 11) is 3.12. The molecule has 23 heavy (non-hydrogen) atoms. The fraction of sp³-hybridized carbons (Fsp3) is 0.312. The van der Waals surface area contributed by atoms with Gasteiger partial charge in [0.1, 0.15) is 11.1 Å². The summed E-state index contributed by atoms with van der Waals surface area (Å²) in [5.74, 6) is 0.0500. The summed E-state index contributed by atoms with van der Waals surface area (Å²) in [6, 6.07) is 8.96. The van der Waals surface area contributed by atoms with Crippen LogP contribution in [-0.2, 0) is 16.6 Å². The highest BCUT2D eigenvalue weighted by Gasteiger charge is 2.19. The Kier molecular flexibility index (Phi) is 5.44. The standard InChI is InChI=1S/C16H19N3O3S/c1-10-9-14(19(3)18-10)17-15(20)12-7-5-6-8-13(12)23-11(2)16(21)22-4/h5-9,11H,1-4H3,(H,17,20). The number of ether oxygens (including phenoxy) is 1. The van der Waals surface area contributed by atoms with Crippen molar-refractivity contribution >= 4 is 29.5 Å². The highest BCUT2D eigenvalue weighted by molar-refractivity contribution is 8.00. The lowest BCUT2D eigenvalue weighted by Gasteiger charge is -2.13. The summed E-state index contributed by atoms with van der Waals surface area (Å²) in [6.07, 6.45) is 0. The van der Waals surface area contributed by atoms with Crippen molar-refractivity contribution in [3.05, 3.63) is 41.6 Å². The average Bonchev–Trinajstić information content (AvgIpc) is 2.84. The summed E-state index contributed by atoms with van der Waals surface area (Å²) in [4.78, 5) is 24.8. The van der Waals surface area contributed by atoms with Gasteiger partial charge < -0.3 is 10.1 Å². The molecule has 2 aromatic rings. The number of nitrogens with one attached hydrogen (secondary N) is 1. The van der Waals surface area contributed by atoms with E-state index < -0.39 is 5.25 Å². The number of carbonyl (C=O) groups is 2. The minimum Gasteiger partial charge on any atom is -0.468 e. The first kappa shape index (κ1) is 17.1. The maximum absolute atomic E-state index is 12.5. The van der Waals surface area contributed by atoms with E-state index in [1.165, 1.54) is 18.9 Å². The number of nitrogens with zero attached hydrogens (tertiary/aromatic N) is 2. The Morgan fingerprint density at radius 1 is 1.35 bits per heavy atom. The van der Waals surface area contributed by atoms with Crippen molar-refractivity contribution in [2.45, 2.75) is 24.0 Å². The van der Waals surface area contributed by atoms with E-state index in [2.05, 4.69) is 10.4 Å². The predicted octanol–water partition coefficient (Wildman–Crippen LogP) is 2.63. The monoisotopic (exact) mass is 333 g/mol. The molecule has 0 aliphatic rings. The fourth-order valence-corrected chi connectivity index (χ4v) is 3.09. The number of methoxy groups -OCH3 is 1. The van der Waals surface area contributed by atoms with Crippen LogP contribution < -0.4 is 5.32 Å². The third kappa shape index (κ3) is 4.13. The number of hydrogen-bond donors (Lipinski definition) is 1. The van der Waals surface area contributed by atoms with E-state index in [4.69, 9.17) is 4.74 Å². The number of aromatic nitrogens is 2. The quantitative estimate of drug-likeness (QED) is 0.672. The number of anilines is 1. The molecule has 0 saturated heterocycles. The van der Waals surface area contributed by atoms with Gasteiger partial charge in [-0.15, -0.1) is 11.8 Å². The number of benzene rings is 1. The normalized spacial score (nSPS) is 11.8. The van der Waals surface area contributed by atoms with Gasteiger partial charge in [0.2, 0.25) is 0 Å². The zero-order valence-electron chi connectivity index (χ0n) is 13.5. The number of rotatable bonds is 5. The Labute approximate surface area is 139 Å². The lowest BCUT2D eigenvalue weighted by atomic mass is 10.2. The van der Waals surface area contributed by atoms with Crippen molar-refractivity contribution in [3.63, 3.8) is 0 Å². The van der Waals surface area contributed by atoms with Crippen molar-refractivity contribution in [2.24, 2.45) is 7.05 Å². The summed E-state index contributed by atoms with van der Waals surface area (Å²) < 4.78 is 6.34. The van der Waals surface area contributed by atoms with E-state index in [0.29, 0.717) is 11.4 Å². The van der Waals surface area contributed by atoms with Crippen molar-refractivity contribution in [3.8, 4) is 0 Å². The zero-order valence-corrected chi connectivity index (χ0v) is 14.3. The Morgan fingerprint density at radius 2 is 2.04 bits per heavy atom. The number of hydrogen-bond acceptors (Lipinski definition) is 5.